The predicted octanol–water partition coefficient (Wildman–Crippen LogP) is 2.91. The van der Waals surface area contributed by atoms with E-state index >= 15 is 0 Å². The highest BCUT2D eigenvalue weighted by Crippen LogP contribution is 2.26. The fourth-order valence-corrected chi connectivity index (χ4v) is 3.45. The second-order valence-electron chi connectivity index (χ2n) is 6.01. The summed E-state index contributed by atoms with van der Waals surface area (Å²) in [4.78, 5) is 39.4. The molecule has 7 heteroatoms. The number of hydrogen-bond donors (Lipinski definition) is 1. The van der Waals surface area contributed by atoms with E-state index in [2.05, 4.69) is 5.32 Å². The van der Waals surface area contributed by atoms with Crippen LogP contribution in [0.25, 0.3) is 0 Å². The van der Waals surface area contributed by atoms with Gasteiger partial charge in [0.25, 0.3) is 11.8 Å². The van der Waals surface area contributed by atoms with Crippen molar-refractivity contribution in [3.8, 4) is 6.07 Å². The zero-order valence-corrected chi connectivity index (χ0v) is 15.5. The van der Waals surface area contributed by atoms with Crippen molar-refractivity contribution >= 4 is 35.2 Å². The third-order valence-electron chi connectivity index (χ3n) is 4.29. The third kappa shape index (κ3) is 3.71. The summed E-state index contributed by atoms with van der Waals surface area (Å²) < 4.78 is 0. The molecule has 2 aromatic rings. The smallest absolute Gasteiger partial charge is 0.262 e. The van der Waals surface area contributed by atoms with Crippen LogP contribution in [0.3, 0.4) is 0 Å². The van der Waals surface area contributed by atoms with Crippen molar-refractivity contribution in [1.29, 1.82) is 5.26 Å². The summed E-state index contributed by atoms with van der Waals surface area (Å²) in [7, 11) is 0. The maximum absolute atomic E-state index is 12.9. The maximum Gasteiger partial charge on any atom is 0.262 e. The lowest BCUT2D eigenvalue weighted by Crippen LogP contribution is -2.47. The Kier molecular flexibility index (Phi) is 5.57. The van der Waals surface area contributed by atoms with E-state index in [9.17, 15) is 14.4 Å². The maximum atomic E-state index is 12.9. The van der Waals surface area contributed by atoms with Gasteiger partial charge in [0, 0.05) is 5.69 Å². The molecule has 0 spiro atoms. The number of rotatable bonds is 6. The van der Waals surface area contributed by atoms with Gasteiger partial charge in [-0.1, -0.05) is 18.2 Å². The van der Waals surface area contributed by atoms with E-state index in [1.807, 2.05) is 12.3 Å². The minimum absolute atomic E-state index is 0.316. The first-order valence-electron chi connectivity index (χ1n) is 8.33. The molecule has 1 heterocycles. The van der Waals surface area contributed by atoms with Gasteiger partial charge in [-0.2, -0.15) is 17.0 Å². The number of carbonyl (C=O) groups excluding carboxylic acids is 3. The number of amides is 3. The topological polar surface area (TPSA) is 90.3 Å². The number of anilines is 1. The van der Waals surface area contributed by atoms with E-state index in [4.69, 9.17) is 5.26 Å². The molecule has 136 valence electrons. The number of fused-ring (bicyclic) bond motifs is 1. The summed E-state index contributed by atoms with van der Waals surface area (Å²) in [6.45, 7) is 0. The number of carbonyl (C=O) groups is 3. The number of thioether (sulfide) groups is 1. The van der Waals surface area contributed by atoms with E-state index in [0.29, 0.717) is 34.6 Å². The van der Waals surface area contributed by atoms with Gasteiger partial charge in [0.05, 0.1) is 22.8 Å². The van der Waals surface area contributed by atoms with Gasteiger partial charge in [-0.3, -0.25) is 19.3 Å². The molecule has 0 aliphatic carbocycles. The van der Waals surface area contributed by atoms with Crippen molar-refractivity contribution < 1.29 is 14.4 Å². The van der Waals surface area contributed by atoms with Crippen molar-refractivity contribution in [3.05, 3.63) is 65.2 Å². The zero-order valence-electron chi connectivity index (χ0n) is 14.6. The van der Waals surface area contributed by atoms with Gasteiger partial charge in [0.15, 0.2) is 0 Å². The summed E-state index contributed by atoms with van der Waals surface area (Å²) >= 11 is 1.53. The van der Waals surface area contributed by atoms with Crippen LogP contribution in [0.15, 0.2) is 48.5 Å². The fourth-order valence-electron chi connectivity index (χ4n) is 2.99. The summed E-state index contributed by atoms with van der Waals surface area (Å²) in [6.07, 6.45) is 2.24. The SMILES string of the molecule is CSCCC(C(=O)Nc1cccc(C#N)c1)N1C(=O)c2ccccc2C1=O. The van der Waals surface area contributed by atoms with Crippen molar-refractivity contribution in [3.63, 3.8) is 0 Å². The second kappa shape index (κ2) is 8.06. The molecular weight excluding hydrogens is 362 g/mol. The van der Waals surface area contributed by atoms with E-state index in [1.165, 1.54) is 11.8 Å². The average molecular weight is 379 g/mol. The van der Waals surface area contributed by atoms with Crippen LogP contribution >= 0.6 is 11.8 Å². The molecule has 0 aromatic heterocycles. The predicted molar refractivity (Wildman–Crippen MR) is 104 cm³/mol. The van der Waals surface area contributed by atoms with Crippen LogP contribution in [0.2, 0.25) is 0 Å². The summed E-state index contributed by atoms with van der Waals surface area (Å²) in [6, 6.07) is 14.2. The molecule has 0 radical (unpaired) electrons. The second-order valence-corrected chi connectivity index (χ2v) is 6.99. The number of nitrogens with one attached hydrogen (secondary N) is 1. The molecule has 1 atom stereocenters. The molecule has 0 saturated heterocycles. The van der Waals surface area contributed by atoms with Crippen molar-refractivity contribution in [1.82, 2.24) is 4.90 Å². The fraction of sp³-hybridized carbons (Fsp3) is 0.200. The molecule has 0 bridgehead atoms. The van der Waals surface area contributed by atoms with Gasteiger partial charge in [-0.15, -0.1) is 0 Å². The zero-order chi connectivity index (χ0) is 19.4. The Balaban J connectivity index is 1.88. The number of benzene rings is 2. The molecule has 6 nitrogen and oxygen atoms in total. The standard InChI is InChI=1S/C20H17N3O3S/c1-27-10-9-17(18(24)22-14-6-4-5-13(11-14)12-21)23-19(25)15-7-2-3-8-16(15)20(23)26/h2-8,11,17H,9-10H2,1H3,(H,22,24). The molecular formula is C20H17N3O3S. The van der Waals surface area contributed by atoms with Crippen molar-refractivity contribution in [2.75, 3.05) is 17.3 Å². The number of hydrogen-bond acceptors (Lipinski definition) is 5. The highest BCUT2D eigenvalue weighted by Gasteiger charge is 2.42. The van der Waals surface area contributed by atoms with E-state index < -0.39 is 23.8 Å². The van der Waals surface area contributed by atoms with Crippen LogP contribution in [-0.2, 0) is 4.79 Å². The van der Waals surface area contributed by atoms with Crippen LogP contribution in [0.5, 0.6) is 0 Å². The highest BCUT2D eigenvalue weighted by molar-refractivity contribution is 7.98. The molecule has 1 N–H and O–H groups in total. The van der Waals surface area contributed by atoms with Gasteiger partial charge in [0.1, 0.15) is 6.04 Å². The quantitative estimate of drug-likeness (QED) is 0.780. The molecule has 1 aliphatic rings. The minimum Gasteiger partial charge on any atom is -0.324 e. The molecule has 27 heavy (non-hydrogen) atoms. The lowest BCUT2D eigenvalue weighted by atomic mass is 10.1. The van der Waals surface area contributed by atoms with Crippen LogP contribution in [-0.4, -0.2) is 40.7 Å². The van der Waals surface area contributed by atoms with Crippen LogP contribution in [0.4, 0.5) is 5.69 Å². The van der Waals surface area contributed by atoms with Crippen molar-refractivity contribution in [2.45, 2.75) is 12.5 Å². The largest absolute Gasteiger partial charge is 0.324 e. The first-order valence-corrected chi connectivity index (χ1v) is 9.73. The van der Waals surface area contributed by atoms with Crippen molar-refractivity contribution in [2.24, 2.45) is 0 Å². The van der Waals surface area contributed by atoms with E-state index in [0.717, 1.165) is 4.90 Å². The molecule has 1 aliphatic heterocycles. The first-order chi connectivity index (χ1) is 13.1. The van der Waals surface area contributed by atoms with Gasteiger partial charge >= 0.3 is 0 Å². The van der Waals surface area contributed by atoms with Crippen LogP contribution in [0.1, 0.15) is 32.7 Å². The van der Waals surface area contributed by atoms with E-state index in [-0.39, 0.29) is 0 Å². The Bertz CT molecular complexity index is 916. The molecule has 1 unspecified atom stereocenters. The average Bonchev–Trinajstić information content (AvgIpc) is 2.94. The number of nitriles is 1. The van der Waals surface area contributed by atoms with Gasteiger partial charge < -0.3 is 5.32 Å². The Morgan fingerprint density at radius 1 is 1.15 bits per heavy atom. The Morgan fingerprint density at radius 3 is 2.41 bits per heavy atom. The molecule has 3 amide bonds. The first kappa shape index (κ1) is 18.7. The minimum atomic E-state index is -0.921. The molecule has 0 saturated carbocycles. The third-order valence-corrected chi connectivity index (χ3v) is 4.94. The Hall–Kier alpha value is -3.11. The normalized spacial score (nSPS) is 13.9. The molecule has 3 rings (SSSR count). The lowest BCUT2D eigenvalue weighted by molar-refractivity contribution is -0.120. The Morgan fingerprint density at radius 2 is 1.81 bits per heavy atom. The highest BCUT2D eigenvalue weighted by atomic mass is 32.2. The molecule has 0 fully saturated rings. The van der Waals surface area contributed by atoms with Gasteiger partial charge in [0.2, 0.25) is 5.91 Å². The van der Waals surface area contributed by atoms with Crippen LogP contribution < -0.4 is 5.32 Å². The summed E-state index contributed by atoms with van der Waals surface area (Å²) in [5.74, 6) is -0.747. The number of imide groups is 1. The molecule has 2 aromatic carbocycles. The summed E-state index contributed by atoms with van der Waals surface area (Å²) in [5, 5.41) is 11.7. The summed E-state index contributed by atoms with van der Waals surface area (Å²) in [5.41, 5.74) is 1.49. The number of nitrogens with zero attached hydrogens (tertiary/aromatic N) is 2. The Labute approximate surface area is 161 Å². The lowest BCUT2D eigenvalue weighted by Gasteiger charge is -2.25. The van der Waals surface area contributed by atoms with E-state index in [1.54, 1.807) is 48.5 Å². The van der Waals surface area contributed by atoms with Gasteiger partial charge in [-0.05, 0) is 48.8 Å². The monoisotopic (exact) mass is 379 g/mol. The van der Waals surface area contributed by atoms with Crippen LogP contribution in [0, 0.1) is 11.3 Å². The van der Waals surface area contributed by atoms with Gasteiger partial charge in [-0.25, -0.2) is 0 Å².